The summed E-state index contributed by atoms with van der Waals surface area (Å²) in [6.45, 7) is 0.467. The first kappa shape index (κ1) is 22.1. The highest BCUT2D eigenvalue weighted by atomic mass is 16.6. The SMILES string of the molecule is O=[N+]([O-])c1cccc(/C=N/OCc2ccc(CO/N=C/c3cccc([N+](=O)[O-])c3)cc2)c1. The normalized spacial score (nSPS) is 11.0. The molecule has 3 aromatic carbocycles. The average molecular weight is 434 g/mol. The first-order valence-corrected chi connectivity index (χ1v) is 9.38. The van der Waals surface area contributed by atoms with Gasteiger partial charge < -0.3 is 9.68 Å². The molecule has 0 radical (unpaired) electrons. The largest absolute Gasteiger partial charge is 0.391 e. The van der Waals surface area contributed by atoms with Crippen molar-refractivity contribution >= 4 is 23.8 Å². The molecule has 0 spiro atoms. The summed E-state index contributed by atoms with van der Waals surface area (Å²) in [5, 5.41) is 29.2. The van der Waals surface area contributed by atoms with Gasteiger partial charge in [0.15, 0.2) is 0 Å². The summed E-state index contributed by atoms with van der Waals surface area (Å²) in [5.74, 6) is 0. The van der Waals surface area contributed by atoms with E-state index in [0.29, 0.717) is 11.1 Å². The summed E-state index contributed by atoms with van der Waals surface area (Å²) in [6.07, 6.45) is 2.82. The van der Waals surface area contributed by atoms with Gasteiger partial charge in [0.1, 0.15) is 13.2 Å². The van der Waals surface area contributed by atoms with E-state index in [0.717, 1.165) is 11.1 Å². The highest BCUT2D eigenvalue weighted by Gasteiger charge is 2.05. The fraction of sp³-hybridized carbons (Fsp3) is 0.0909. The second-order valence-electron chi connectivity index (χ2n) is 6.54. The van der Waals surface area contributed by atoms with Crippen LogP contribution in [0.2, 0.25) is 0 Å². The highest BCUT2D eigenvalue weighted by molar-refractivity contribution is 5.80. The van der Waals surface area contributed by atoms with Gasteiger partial charge in [-0.05, 0) is 11.1 Å². The third-order valence-electron chi connectivity index (χ3n) is 4.20. The van der Waals surface area contributed by atoms with Crippen LogP contribution in [0.5, 0.6) is 0 Å². The lowest BCUT2D eigenvalue weighted by molar-refractivity contribution is -0.385. The molecule has 10 nitrogen and oxygen atoms in total. The zero-order valence-corrected chi connectivity index (χ0v) is 16.7. The first-order valence-electron chi connectivity index (χ1n) is 9.38. The molecule has 0 saturated heterocycles. The fourth-order valence-electron chi connectivity index (χ4n) is 2.59. The Balaban J connectivity index is 1.44. The Labute approximate surface area is 182 Å². The van der Waals surface area contributed by atoms with Gasteiger partial charge in [-0.25, -0.2) is 0 Å². The van der Waals surface area contributed by atoms with E-state index in [9.17, 15) is 20.2 Å². The van der Waals surface area contributed by atoms with Crippen LogP contribution in [0.15, 0.2) is 83.1 Å². The second-order valence-corrected chi connectivity index (χ2v) is 6.54. The minimum atomic E-state index is -0.470. The summed E-state index contributed by atoms with van der Waals surface area (Å²) >= 11 is 0. The summed E-state index contributed by atoms with van der Waals surface area (Å²) in [6, 6.07) is 19.6. The minimum Gasteiger partial charge on any atom is -0.391 e. The van der Waals surface area contributed by atoms with Crippen LogP contribution in [-0.2, 0) is 22.9 Å². The van der Waals surface area contributed by atoms with E-state index in [1.54, 1.807) is 24.3 Å². The van der Waals surface area contributed by atoms with Crippen LogP contribution in [0.1, 0.15) is 22.3 Å². The van der Waals surface area contributed by atoms with Crippen molar-refractivity contribution in [1.82, 2.24) is 0 Å². The Morgan fingerprint density at radius 1 is 0.688 bits per heavy atom. The molecule has 3 aromatic rings. The lowest BCUT2D eigenvalue weighted by Gasteiger charge is -2.03. The monoisotopic (exact) mass is 434 g/mol. The maximum absolute atomic E-state index is 10.8. The van der Waals surface area contributed by atoms with Crippen molar-refractivity contribution in [2.45, 2.75) is 13.2 Å². The fourth-order valence-corrected chi connectivity index (χ4v) is 2.59. The molecule has 0 atom stereocenters. The predicted molar refractivity (Wildman–Crippen MR) is 117 cm³/mol. The Kier molecular flexibility index (Phi) is 7.58. The Hall–Kier alpha value is -4.60. The molecule has 0 amide bonds. The summed E-state index contributed by atoms with van der Waals surface area (Å²) in [5.41, 5.74) is 2.87. The standard InChI is InChI=1S/C22H18N4O6/c27-25(28)21-5-1-3-19(11-21)13-23-31-15-17-7-9-18(10-8-17)16-32-24-14-20-4-2-6-22(12-20)26(29)30/h1-14H,15-16H2/b23-13+,24-14+. The highest BCUT2D eigenvalue weighted by Crippen LogP contribution is 2.13. The number of non-ortho nitro benzene ring substituents is 2. The molecule has 0 saturated carbocycles. The molecular weight excluding hydrogens is 416 g/mol. The van der Waals surface area contributed by atoms with Gasteiger partial charge in [-0.3, -0.25) is 20.2 Å². The van der Waals surface area contributed by atoms with Crippen molar-refractivity contribution in [3.05, 3.63) is 115 Å². The molecule has 0 N–H and O–H groups in total. The number of benzene rings is 3. The van der Waals surface area contributed by atoms with E-state index in [-0.39, 0.29) is 24.6 Å². The van der Waals surface area contributed by atoms with Gasteiger partial charge in [-0.1, -0.05) is 58.8 Å². The Bertz CT molecular complexity index is 1050. The van der Waals surface area contributed by atoms with Crippen LogP contribution in [0.4, 0.5) is 11.4 Å². The molecule has 0 unspecified atom stereocenters. The number of rotatable bonds is 10. The van der Waals surface area contributed by atoms with Crippen molar-refractivity contribution in [3.63, 3.8) is 0 Å². The van der Waals surface area contributed by atoms with Gasteiger partial charge in [-0.2, -0.15) is 0 Å². The van der Waals surface area contributed by atoms with Crippen molar-refractivity contribution in [2.24, 2.45) is 10.3 Å². The van der Waals surface area contributed by atoms with Crippen LogP contribution in [-0.4, -0.2) is 22.3 Å². The molecule has 32 heavy (non-hydrogen) atoms. The van der Waals surface area contributed by atoms with E-state index in [4.69, 9.17) is 9.68 Å². The molecule has 10 heteroatoms. The zero-order valence-electron chi connectivity index (χ0n) is 16.7. The maximum Gasteiger partial charge on any atom is 0.270 e. The summed E-state index contributed by atoms with van der Waals surface area (Å²) < 4.78 is 0. The van der Waals surface area contributed by atoms with Crippen molar-refractivity contribution in [1.29, 1.82) is 0 Å². The van der Waals surface area contributed by atoms with Gasteiger partial charge >= 0.3 is 0 Å². The van der Waals surface area contributed by atoms with Crippen LogP contribution < -0.4 is 0 Å². The molecule has 0 bridgehead atoms. The molecule has 162 valence electrons. The lowest BCUT2D eigenvalue weighted by Crippen LogP contribution is -1.93. The van der Waals surface area contributed by atoms with Gasteiger partial charge in [-0.15, -0.1) is 0 Å². The van der Waals surface area contributed by atoms with Gasteiger partial charge in [0.05, 0.1) is 22.3 Å². The molecule has 0 fully saturated rings. The van der Waals surface area contributed by atoms with Crippen molar-refractivity contribution < 1.29 is 19.5 Å². The van der Waals surface area contributed by atoms with E-state index in [1.807, 2.05) is 24.3 Å². The number of hydrogen-bond donors (Lipinski definition) is 0. The van der Waals surface area contributed by atoms with E-state index in [1.165, 1.54) is 36.7 Å². The van der Waals surface area contributed by atoms with Crippen LogP contribution in [0.25, 0.3) is 0 Å². The van der Waals surface area contributed by atoms with Crippen molar-refractivity contribution in [2.75, 3.05) is 0 Å². The number of hydrogen-bond acceptors (Lipinski definition) is 8. The molecule has 0 heterocycles. The third-order valence-corrected chi connectivity index (χ3v) is 4.20. The number of oxime groups is 2. The van der Waals surface area contributed by atoms with Crippen molar-refractivity contribution in [3.8, 4) is 0 Å². The van der Waals surface area contributed by atoms with Crippen LogP contribution >= 0.6 is 0 Å². The molecule has 3 rings (SSSR count). The molecule has 0 aromatic heterocycles. The van der Waals surface area contributed by atoms with Gasteiger partial charge in [0, 0.05) is 35.4 Å². The lowest BCUT2D eigenvalue weighted by atomic mass is 10.1. The topological polar surface area (TPSA) is 129 Å². The van der Waals surface area contributed by atoms with E-state index < -0.39 is 9.85 Å². The predicted octanol–water partition coefficient (Wildman–Crippen LogP) is 4.60. The summed E-state index contributed by atoms with van der Waals surface area (Å²) in [7, 11) is 0. The Morgan fingerprint density at radius 2 is 1.09 bits per heavy atom. The Morgan fingerprint density at radius 3 is 1.47 bits per heavy atom. The smallest absolute Gasteiger partial charge is 0.270 e. The van der Waals surface area contributed by atoms with E-state index >= 15 is 0 Å². The number of nitro groups is 2. The first-order chi connectivity index (χ1) is 15.5. The number of nitrogens with zero attached hydrogens (tertiary/aromatic N) is 4. The number of nitro benzene ring substituents is 2. The maximum atomic E-state index is 10.8. The van der Waals surface area contributed by atoms with Gasteiger partial charge in [0.2, 0.25) is 0 Å². The average Bonchev–Trinajstić information content (AvgIpc) is 2.81. The second kappa shape index (κ2) is 11.0. The third kappa shape index (κ3) is 6.73. The molecule has 0 aliphatic rings. The van der Waals surface area contributed by atoms with Crippen LogP contribution in [0.3, 0.4) is 0 Å². The minimum absolute atomic E-state index is 0.0128. The molecule has 0 aliphatic heterocycles. The van der Waals surface area contributed by atoms with E-state index in [2.05, 4.69) is 10.3 Å². The van der Waals surface area contributed by atoms with Gasteiger partial charge in [0.25, 0.3) is 11.4 Å². The van der Waals surface area contributed by atoms with Crippen LogP contribution in [0, 0.1) is 20.2 Å². The summed E-state index contributed by atoms with van der Waals surface area (Å²) in [4.78, 5) is 31.1. The molecular formula is C22H18N4O6. The molecule has 0 aliphatic carbocycles. The quantitative estimate of drug-likeness (QED) is 0.260. The zero-order chi connectivity index (χ0) is 22.8.